The molecular formula is C15H25N5. The molecule has 2 heterocycles. The minimum absolute atomic E-state index is 0.526. The summed E-state index contributed by atoms with van der Waals surface area (Å²) in [6.07, 6.45) is 7.18. The van der Waals surface area contributed by atoms with Crippen molar-refractivity contribution >= 4 is 0 Å². The molecule has 0 aromatic carbocycles. The number of rotatable bonds is 8. The Balaban J connectivity index is 1.76. The Bertz CT molecular complexity index is 510. The molecule has 0 aliphatic heterocycles. The molecular weight excluding hydrogens is 250 g/mol. The van der Waals surface area contributed by atoms with Crippen LogP contribution in [-0.2, 0) is 20.0 Å². The fourth-order valence-electron chi connectivity index (χ4n) is 2.42. The minimum Gasteiger partial charge on any atom is -0.311 e. The van der Waals surface area contributed by atoms with Gasteiger partial charge in [-0.3, -0.25) is 9.36 Å². The van der Waals surface area contributed by atoms with E-state index in [-0.39, 0.29) is 0 Å². The molecule has 2 aromatic rings. The maximum atomic E-state index is 4.64. The van der Waals surface area contributed by atoms with E-state index in [4.69, 9.17) is 0 Å². The molecule has 2 aromatic heterocycles. The summed E-state index contributed by atoms with van der Waals surface area (Å²) in [5, 5.41) is 12.2. The predicted molar refractivity (Wildman–Crippen MR) is 80.5 cm³/mol. The summed E-state index contributed by atoms with van der Waals surface area (Å²) in [7, 11) is 1.98. The molecule has 5 heteroatoms. The number of hydrogen-bond acceptors (Lipinski definition) is 3. The average molecular weight is 275 g/mol. The van der Waals surface area contributed by atoms with Crippen LogP contribution >= 0.6 is 0 Å². The second kappa shape index (κ2) is 7.24. The van der Waals surface area contributed by atoms with E-state index in [2.05, 4.69) is 52.4 Å². The lowest BCUT2D eigenvalue weighted by molar-refractivity contribution is 0.424. The van der Waals surface area contributed by atoms with E-state index in [9.17, 15) is 0 Å². The van der Waals surface area contributed by atoms with Gasteiger partial charge in [0, 0.05) is 44.6 Å². The van der Waals surface area contributed by atoms with Gasteiger partial charge in [0.1, 0.15) is 0 Å². The summed E-state index contributed by atoms with van der Waals surface area (Å²) < 4.78 is 4.02. The SMILES string of the molecule is CCC(CC)n1ccc(CNCCc2ccnn2C)n1. The third-order valence-corrected chi connectivity index (χ3v) is 3.77. The molecule has 5 nitrogen and oxygen atoms in total. The van der Waals surface area contributed by atoms with Crippen LogP contribution in [-0.4, -0.2) is 26.1 Å². The summed E-state index contributed by atoms with van der Waals surface area (Å²) in [6.45, 7) is 6.19. The second-order valence-corrected chi connectivity index (χ2v) is 5.13. The van der Waals surface area contributed by atoms with Gasteiger partial charge in [-0.05, 0) is 25.0 Å². The first kappa shape index (κ1) is 14.8. The molecule has 0 unspecified atom stereocenters. The van der Waals surface area contributed by atoms with Gasteiger partial charge < -0.3 is 5.32 Å². The van der Waals surface area contributed by atoms with Gasteiger partial charge >= 0.3 is 0 Å². The van der Waals surface area contributed by atoms with Crippen molar-refractivity contribution in [2.24, 2.45) is 7.05 Å². The Morgan fingerprint density at radius 1 is 1.25 bits per heavy atom. The van der Waals surface area contributed by atoms with E-state index in [0.29, 0.717) is 6.04 Å². The van der Waals surface area contributed by atoms with Crippen molar-refractivity contribution in [3.05, 3.63) is 35.9 Å². The van der Waals surface area contributed by atoms with E-state index < -0.39 is 0 Å². The van der Waals surface area contributed by atoms with Gasteiger partial charge in [0.05, 0.1) is 11.7 Å². The molecule has 0 amide bonds. The van der Waals surface area contributed by atoms with Gasteiger partial charge in [0.2, 0.25) is 0 Å². The number of hydrogen-bond donors (Lipinski definition) is 1. The third-order valence-electron chi connectivity index (χ3n) is 3.77. The number of aryl methyl sites for hydroxylation is 1. The highest BCUT2D eigenvalue weighted by atomic mass is 15.3. The topological polar surface area (TPSA) is 47.7 Å². The number of nitrogens with one attached hydrogen (secondary N) is 1. The highest BCUT2D eigenvalue weighted by Gasteiger charge is 2.07. The monoisotopic (exact) mass is 275 g/mol. The van der Waals surface area contributed by atoms with Crippen LogP contribution in [0.3, 0.4) is 0 Å². The van der Waals surface area contributed by atoms with Gasteiger partial charge in [0.25, 0.3) is 0 Å². The van der Waals surface area contributed by atoms with Crippen molar-refractivity contribution in [1.82, 2.24) is 24.9 Å². The molecule has 0 saturated heterocycles. The van der Waals surface area contributed by atoms with Crippen LogP contribution in [0.1, 0.15) is 44.1 Å². The summed E-state index contributed by atoms with van der Waals surface area (Å²) in [5.74, 6) is 0. The first-order valence-corrected chi connectivity index (χ1v) is 7.46. The maximum absolute atomic E-state index is 4.64. The van der Waals surface area contributed by atoms with E-state index in [0.717, 1.165) is 38.0 Å². The predicted octanol–water partition coefficient (Wildman–Crippen LogP) is 2.31. The highest BCUT2D eigenvalue weighted by molar-refractivity contribution is 5.02. The molecule has 0 saturated carbocycles. The average Bonchev–Trinajstić information content (AvgIpc) is 3.06. The fourth-order valence-corrected chi connectivity index (χ4v) is 2.42. The first-order valence-electron chi connectivity index (χ1n) is 7.46. The molecule has 0 radical (unpaired) electrons. The normalized spacial score (nSPS) is 11.4. The van der Waals surface area contributed by atoms with Crippen LogP contribution in [0.5, 0.6) is 0 Å². The van der Waals surface area contributed by atoms with Crippen molar-refractivity contribution in [1.29, 1.82) is 0 Å². The third kappa shape index (κ3) is 3.70. The van der Waals surface area contributed by atoms with Crippen LogP contribution in [0, 0.1) is 0 Å². The van der Waals surface area contributed by atoms with Crippen LogP contribution in [0.2, 0.25) is 0 Å². The van der Waals surface area contributed by atoms with Crippen molar-refractivity contribution in [2.45, 2.75) is 45.7 Å². The van der Waals surface area contributed by atoms with E-state index in [1.807, 2.05) is 17.9 Å². The molecule has 2 rings (SSSR count). The van der Waals surface area contributed by atoms with Crippen molar-refractivity contribution in [2.75, 3.05) is 6.54 Å². The smallest absolute Gasteiger partial charge is 0.0762 e. The summed E-state index contributed by atoms with van der Waals surface area (Å²) >= 11 is 0. The largest absolute Gasteiger partial charge is 0.311 e. The summed E-state index contributed by atoms with van der Waals surface area (Å²) in [6, 6.07) is 4.69. The number of nitrogens with zero attached hydrogens (tertiary/aromatic N) is 4. The van der Waals surface area contributed by atoms with Gasteiger partial charge in [-0.25, -0.2) is 0 Å². The zero-order chi connectivity index (χ0) is 14.4. The van der Waals surface area contributed by atoms with Crippen LogP contribution in [0.4, 0.5) is 0 Å². The second-order valence-electron chi connectivity index (χ2n) is 5.13. The van der Waals surface area contributed by atoms with Crippen LogP contribution in [0.25, 0.3) is 0 Å². The number of aromatic nitrogens is 4. The van der Waals surface area contributed by atoms with Crippen molar-refractivity contribution < 1.29 is 0 Å². The lowest BCUT2D eigenvalue weighted by Crippen LogP contribution is -2.18. The zero-order valence-corrected chi connectivity index (χ0v) is 12.7. The zero-order valence-electron chi connectivity index (χ0n) is 12.7. The van der Waals surface area contributed by atoms with E-state index in [1.165, 1.54) is 5.69 Å². The lowest BCUT2D eigenvalue weighted by atomic mass is 10.2. The molecule has 0 aliphatic carbocycles. The molecule has 1 N–H and O–H groups in total. The lowest BCUT2D eigenvalue weighted by Gasteiger charge is -2.12. The summed E-state index contributed by atoms with van der Waals surface area (Å²) in [4.78, 5) is 0. The first-order chi connectivity index (χ1) is 9.74. The highest BCUT2D eigenvalue weighted by Crippen LogP contribution is 2.14. The quantitative estimate of drug-likeness (QED) is 0.752. The van der Waals surface area contributed by atoms with Gasteiger partial charge in [-0.2, -0.15) is 10.2 Å². The molecule has 0 bridgehead atoms. The Hall–Kier alpha value is -1.62. The van der Waals surface area contributed by atoms with Crippen molar-refractivity contribution in [3.8, 4) is 0 Å². The van der Waals surface area contributed by atoms with Gasteiger partial charge in [0.15, 0.2) is 0 Å². The maximum Gasteiger partial charge on any atom is 0.0762 e. The van der Waals surface area contributed by atoms with Crippen LogP contribution < -0.4 is 5.32 Å². The van der Waals surface area contributed by atoms with Gasteiger partial charge in [-0.1, -0.05) is 13.8 Å². The molecule has 0 atom stereocenters. The van der Waals surface area contributed by atoms with Crippen LogP contribution in [0.15, 0.2) is 24.5 Å². The molecule has 20 heavy (non-hydrogen) atoms. The molecule has 0 spiro atoms. The minimum atomic E-state index is 0.526. The van der Waals surface area contributed by atoms with E-state index >= 15 is 0 Å². The Morgan fingerprint density at radius 3 is 2.70 bits per heavy atom. The molecule has 110 valence electrons. The molecule has 0 aliphatic rings. The fraction of sp³-hybridized carbons (Fsp3) is 0.600. The van der Waals surface area contributed by atoms with E-state index in [1.54, 1.807) is 0 Å². The van der Waals surface area contributed by atoms with Gasteiger partial charge in [-0.15, -0.1) is 0 Å². The van der Waals surface area contributed by atoms with Crippen molar-refractivity contribution in [3.63, 3.8) is 0 Å². The Morgan fingerprint density at radius 2 is 2.05 bits per heavy atom. The Kier molecular flexibility index (Phi) is 5.35. The summed E-state index contributed by atoms with van der Waals surface area (Å²) in [5.41, 5.74) is 2.36. The standard InChI is InChI=1S/C15H25N5/c1-4-14(5-2)20-11-8-13(18-20)12-16-9-6-15-7-10-17-19(15)3/h7-8,10-11,14,16H,4-6,9,12H2,1-3H3. The Labute approximate surface area is 121 Å². The molecule has 0 fully saturated rings.